The highest BCUT2D eigenvalue weighted by Crippen LogP contribution is 2.33. The Labute approximate surface area is 82.9 Å². The number of aliphatic hydroxyl groups is 1. The van der Waals surface area contributed by atoms with Gasteiger partial charge in [0.05, 0.1) is 5.60 Å². The van der Waals surface area contributed by atoms with Gasteiger partial charge < -0.3 is 10.8 Å². The van der Waals surface area contributed by atoms with Crippen LogP contribution < -0.4 is 5.73 Å². The van der Waals surface area contributed by atoms with Gasteiger partial charge in [-0.15, -0.1) is 0 Å². The van der Waals surface area contributed by atoms with E-state index in [0.29, 0.717) is 19.3 Å². The van der Waals surface area contributed by atoms with Crippen LogP contribution in [0.2, 0.25) is 0 Å². The smallest absolute Gasteiger partial charge is 0.138 e. The summed E-state index contributed by atoms with van der Waals surface area (Å²) in [4.78, 5) is 4.13. The van der Waals surface area contributed by atoms with Crippen LogP contribution in [0.1, 0.15) is 25.6 Å². The lowest BCUT2D eigenvalue weighted by atomic mass is 9.74. The molecule has 0 radical (unpaired) electrons. The summed E-state index contributed by atoms with van der Waals surface area (Å²) in [5.74, 6) is 0.849. The maximum atomic E-state index is 10.0. The molecule has 1 aromatic rings. The molecule has 0 atom stereocenters. The first-order valence-corrected chi connectivity index (χ1v) is 4.97. The van der Waals surface area contributed by atoms with Crippen LogP contribution in [0.4, 0.5) is 0 Å². The predicted molar refractivity (Wildman–Crippen MR) is 51.6 cm³/mol. The van der Waals surface area contributed by atoms with Gasteiger partial charge in [-0.1, -0.05) is 0 Å². The molecule has 5 heteroatoms. The molecule has 5 nitrogen and oxygen atoms in total. The van der Waals surface area contributed by atoms with Crippen molar-refractivity contribution in [1.29, 1.82) is 0 Å². The van der Waals surface area contributed by atoms with Crippen LogP contribution in [0.3, 0.4) is 0 Å². The molecular weight excluding hydrogens is 180 g/mol. The summed E-state index contributed by atoms with van der Waals surface area (Å²) in [6.45, 7) is 2.80. The summed E-state index contributed by atoms with van der Waals surface area (Å²) in [5.41, 5.74) is 5.01. The van der Waals surface area contributed by atoms with E-state index in [2.05, 4.69) is 10.1 Å². The van der Waals surface area contributed by atoms with Gasteiger partial charge in [0.15, 0.2) is 0 Å². The second kappa shape index (κ2) is 3.33. The van der Waals surface area contributed by atoms with E-state index >= 15 is 0 Å². The molecule has 1 aliphatic carbocycles. The lowest BCUT2D eigenvalue weighted by molar-refractivity contribution is -0.0476. The number of hydrogen-bond acceptors (Lipinski definition) is 4. The van der Waals surface area contributed by atoms with Gasteiger partial charge in [0.25, 0.3) is 0 Å². The lowest BCUT2D eigenvalue weighted by Crippen LogP contribution is -2.53. The second-order valence-electron chi connectivity index (χ2n) is 4.06. The van der Waals surface area contributed by atoms with Crippen molar-refractivity contribution in [2.75, 3.05) is 0 Å². The topological polar surface area (TPSA) is 77.0 Å². The van der Waals surface area contributed by atoms with Crippen molar-refractivity contribution >= 4 is 0 Å². The maximum absolute atomic E-state index is 10.0. The first kappa shape index (κ1) is 9.61. The minimum Gasteiger partial charge on any atom is -0.389 e. The van der Waals surface area contributed by atoms with E-state index in [9.17, 15) is 5.11 Å². The van der Waals surface area contributed by atoms with Gasteiger partial charge in [0.2, 0.25) is 0 Å². The zero-order valence-corrected chi connectivity index (χ0v) is 8.35. The van der Waals surface area contributed by atoms with Crippen molar-refractivity contribution in [1.82, 2.24) is 14.8 Å². The number of rotatable bonds is 3. The molecule has 1 fully saturated rings. The van der Waals surface area contributed by atoms with E-state index in [1.165, 1.54) is 6.33 Å². The van der Waals surface area contributed by atoms with E-state index in [1.54, 1.807) is 0 Å². The fourth-order valence-corrected chi connectivity index (χ4v) is 2.04. The van der Waals surface area contributed by atoms with Crippen LogP contribution in [0.15, 0.2) is 6.33 Å². The summed E-state index contributed by atoms with van der Waals surface area (Å²) in [6, 6.07) is 0.151. The van der Waals surface area contributed by atoms with Crippen LogP contribution in [0.25, 0.3) is 0 Å². The number of aryl methyl sites for hydroxylation is 1. The van der Waals surface area contributed by atoms with Crippen molar-refractivity contribution in [3.05, 3.63) is 12.2 Å². The van der Waals surface area contributed by atoms with Gasteiger partial charge in [-0.3, -0.25) is 4.68 Å². The highest BCUT2D eigenvalue weighted by Gasteiger charge is 2.41. The lowest BCUT2D eigenvalue weighted by Gasteiger charge is -2.41. The Bertz CT molecular complexity index is 316. The molecule has 0 unspecified atom stereocenters. The van der Waals surface area contributed by atoms with Crippen molar-refractivity contribution in [3.63, 3.8) is 0 Å². The molecule has 2 rings (SSSR count). The minimum absolute atomic E-state index is 0.151. The van der Waals surface area contributed by atoms with Gasteiger partial charge in [-0.05, 0) is 19.8 Å². The Kier molecular flexibility index (Phi) is 2.28. The molecular formula is C9H16N4O. The van der Waals surface area contributed by atoms with E-state index < -0.39 is 5.60 Å². The van der Waals surface area contributed by atoms with Gasteiger partial charge in [0.1, 0.15) is 12.2 Å². The third kappa shape index (κ3) is 1.65. The minimum atomic E-state index is -0.640. The van der Waals surface area contributed by atoms with E-state index in [4.69, 9.17) is 5.73 Å². The van der Waals surface area contributed by atoms with Gasteiger partial charge in [-0.2, -0.15) is 5.10 Å². The van der Waals surface area contributed by atoms with Crippen LogP contribution in [0, 0.1) is 0 Å². The van der Waals surface area contributed by atoms with Crippen molar-refractivity contribution in [2.45, 2.75) is 44.4 Å². The summed E-state index contributed by atoms with van der Waals surface area (Å²) < 4.78 is 1.81. The SMILES string of the molecule is CCn1ncnc1CC1(O)CC(N)C1. The third-order valence-corrected chi connectivity index (χ3v) is 2.77. The molecule has 0 amide bonds. The number of aromatic nitrogens is 3. The molecule has 1 heterocycles. The summed E-state index contributed by atoms with van der Waals surface area (Å²) in [5, 5.41) is 14.1. The van der Waals surface area contributed by atoms with Crippen molar-refractivity contribution in [2.24, 2.45) is 5.73 Å². The molecule has 78 valence electrons. The molecule has 0 aliphatic heterocycles. The highest BCUT2D eigenvalue weighted by atomic mass is 16.3. The van der Waals surface area contributed by atoms with Crippen LogP contribution in [-0.2, 0) is 13.0 Å². The Morgan fingerprint density at radius 3 is 3.00 bits per heavy atom. The summed E-state index contributed by atoms with van der Waals surface area (Å²) in [7, 11) is 0. The Hall–Kier alpha value is -0.940. The molecule has 1 aromatic heterocycles. The fourth-order valence-electron chi connectivity index (χ4n) is 2.04. The van der Waals surface area contributed by atoms with E-state index in [1.807, 2.05) is 11.6 Å². The quantitative estimate of drug-likeness (QED) is 0.695. The molecule has 14 heavy (non-hydrogen) atoms. The number of nitrogens with zero attached hydrogens (tertiary/aromatic N) is 3. The number of hydrogen-bond donors (Lipinski definition) is 2. The molecule has 1 aliphatic rings. The average molecular weight is 196 g/mol. The summed E-state index contributed by atoms with van der Waals surface area (Å²) >= 11 is 0. The Morgan fingerprint density at radius 2 is 2.43 bits per heavy atom. The Morgan fingerprint density at radius 1 is 1.71 bits per heavy atom. The molecule has 0 aromatic carbocycles. The third-order valence-electron chi connectivity index (χ3n) is 2.77. The van der Waals surface area contributed by atoms with Crippen molar-refractivity contribution in [3.8, 4) is 0 Å². The molecule has 0 spiro atoms. The number of nitrogens with two attached hydrogens (primary N) is 1. The maximum Gasteiger partial charge on any atom is 0.138 e. The van der Waals surface area contributed by atoms with Gasteiger partial charge in [-0.25, -0.2) is 4.98 Å². The molecule has 3 N–H and O–H groups in total. The molecule has 0 bridgehead atoms. The van der Waals surface area contributed by atoms with Gasteiger partial charge >= 0.3 is 0 Å². The van der Waals surface area contributed by atoms with E-state index in [-0.39, 0.29) is 6.04 Å². The van der Waals surface area contributed by atoms with Crippen LogP contribution in [0.5, 0.6) is 0 Å². The zero-order chi connectivity index (χ0) is 10.2. The standard InChI is InChI=1S/C9H16N4O/c1-2-13-8(11-6-12-13)5-9(14)3-7(10)4-9/h6-7,14H,2-5,10H2,1H3. The van der Waals surface area contributed by atoms with Gasteiger partial charge in [0, 0.05) is 19.0 Å². The van der Waals surface area contributed by atoms with Crippen LogP contribution in [-0.4, -0.2) is 31.5 Å². The van der Waals surface area contributed by atoms with E-state index in [0.717, 1.165) is 12.4 Å². The first-order valence-electron chi connectivity index (χ1n) is 4.97. The molecule has 0 saturated heterocycles. The largest absolute Gasteiger partial charge is 0.389 e. The highest BCUT2D eigenvalue weighted by molar-refractivity contribution is 5.03. The monoisotopic (exact) mass is 196 g/mol. The zero-order valence-electron chi connectivity index (χ0n) is 8.35. The average Bonchev–Trinajstić information content (AvgIpc) is 2.49. The normalized spacial score (nSPS) is 31.5. The van der Waals surface area contributed by atoms with Crippen LogP contribution >= 0.6 is 0 Å². The second-order valence-corrected chi connectivity index (χ2v) is 4.06. The van der Waals surface area contributed by atoms with Crippen molar-refractivity contribution < 1.29 is 5.11 Å². The predicted octanol–water partition coefficient (Wildman–Crippen LogP) is -0.307. The Balaban J connectivity index is 2.04. The fraction of sp³-hybridized carbons (Fsp3) is 0.778. The summed E-state index contributed by atoms with van der Waals surface area (Å²) in [6.07, 6.45) is 3.43. The molecule has 1 saturated carbocycles. The first-order chi connectivity index (χ1) is 6.63.